The minimum atomic E-state index is -0.998. The zero-order valence-corrected chi connectivity index (χ0v) is 15.7. The second-order valence-corrected chi connectivity index (χ2v) is 7.15. The molecule has 0 radical (unpaired) electrons. The molecule has 7 heteroatoms. The maximum Gasteiger partial charge on any atom is 0.325 e. The summed E-state index contributed by atoms with van der Waals surface area (Å²) in [6.07, 6.45) is -0.998. The molecule has 1 aliphatic rings. The van der Waals surface area contributed by atoms with E-state index in [9.17, 15) is 14.7 Å². The van der Waals surface area contributed by atoms with Gasteiger partial charge in [-0.1, -0.05) is 24.3 Å². The molecule has 0 aromatic heterocycles. The number of nitrogens with zero attached hydrogens (tertiary/aromatic N) is 2. The quantitative estimate of drug-likeness (QED) is 0.750. The first kappa shape index (κ1) is 19.4. The van der Waals surface area contributed by atoms with Crippen LogP contribution in [0.2, 0.25) is 0 Å². The van der Waals surface area contributed by atoms with Crippen LogP contribution in [-0.2, 0) is 4.79 Å². The van der Waals surface area contributed by atoms with Crippen molar-refractivity contribution in [2.75, 3.05) is 13.2 Å². The number of hydrogen-bond acceptors (Lipinski definition) is 5. The van der Waals surface area contributed by atoms with Crippen molar-refractivity contribution in [1.29, 1.82) is 5.26 Å². The number of nitriles is 1. The highest BCUT2D eigenvalue weighted by molar-refractivity contribution is 6.06. The fourth-order valence-corrected chi connectivity index (χ4v) is 2.92. The molecule has 1 saturated heterocycles. The number of amides is 3. The minimum Gasteiger partial charge on any atom is -0.491 e. The lowest BCUT2D eigenvalue weighted by molar-refractivity contribution is -0.131. The first-order valence-corrected chi connectivity index (χ1v) is 8.86. The van der Waals surface area contributed by atoms with Crippen molar-refractivity contribution in [1.82, 2.24) is 10.2 Å². The fraction of sp³-hybridized carbons (Fsp3) is 0.286. The van der Waals surface area contributed by atoms with Gasteiger partial charge in [-0.05, 0) is 49.2 Å². The molecule has 1 atom stereocenters. The van der Waals surface area contributed by atoms with E-state index >= 15 is 0 Å². The lowest BCUT2D eigenvalue weighted by Gasteiger charge is -2.19. The summed E-state index contributed by atoms with van der Waals surface area (Å²) in [6, 6.07) is 16.1. The first-order chi connectivity index (χ1) is 13.3. The van der Waals surface area contributed by atoms with Gasteiger partial charge in [-0.3, -0.25) is 9.69 Å². The number of imide groups is 1. The number of nitrogens with one attached hydrogen (secondary N) is 1. The Hall–Kier alpha value is -3.37. The van der Waals surface area contributed by atoms with E-state index < -0.39 is 17.7 Å². The molecule has 2 aromatic carbocycles. The summed E-state index contributed by atoms with van der Waals surface area (Å²) in [7, 11) is 0. The van der Waals surface area contributed by atoms with Crippen molar-refractivity contribution < 1.29 is 19.4 Å². The van der Waals surface area contributed by atoms with Crippen LogP contribution in [-0.4, -0.2) is 46.7 Å². The van der Waals surface area contributed by atoms with Gasteiger partial charge in [-0.25, -0.2) is 4.79 Å². The zero-order chi connectivity index (χ0) is 20.3. The second kappa shape index (κ2) is 7.71. The van der Waals surface area contributed by atoms with Crippen molar-refractivity contribution in [2.24, 2.45) is 0 Å². The van der Waals surface area contributed by atoms with Crippen molar-refractivity contribution in [3.8, 4) is 22.9 Å². The molecule has 144 valence electrons. The number of rotatable bonds is 6. The van der Waals surface area contributed by atoms with Crippen LogP contribution in [0.25, 0.3) is 11.1 Å². The smallest absolute Gasteiger partial charge is 0.325 e. The van der Waals surface area contributed by atoms with Gasteiger partial charge in [0.2, 0.25) is 0 Å². The topological polar surface area (TPSA) is 103 Å². The van der Waals surface area contributed by atoms with E-state index in [2.05, 4.69) is 11.4 Å². The molecule has 7 nitrogen and oxygen atoms in total. The normalized spacial score (nSPS) is 16.4. The lowest BCUT2D eigenvalue weighted by atomic mass is 10.0. The predicted octanol–water partition coefficient (Wildman–Crippen LogP) is 2.30. The average Bonchev–Trinajstić information content (AvgIpc) is 2.88. The third-order valence-corrected chi connectivity index (χ3v) is 4.48. The van der Waals surface area contributed by atoms with Gasteiger partial charge in [0.05, 0.1) is 18.2 Å². The SMILES string of the molecule is CC1(C)NC(=O)N(CC(O)COc2ccc(-c3ccc(C#N)cc3)cc2)C1=O. The predicted molar refractivity (Wildman–Crippen MR) is 102 cm³/mol. The summed E-state index contributed by atoms with van der Waals surface area (Å²) in [5.41, 5.74) is 1.59. The summed E-state index contributed by atoms with van der Waals surface area (Å²) >= 11 is 0. The maximum absolute atomic E-state index is 12.1. The Morgan fingerprint density at radius 1 is 1.11 bits per heavy atom. The largest absolute Gasteiger partial charge is 0.491 e. The van der Waals surface area contributed by atoms with Gasteiger partial charge < -0.3 is 15.2 Å². The van der Waals surface area contributed by atoms with E-state index in [0.717, 1.165) is 16.0 Å². The molecule has 0 aliphatic carbocycles. The van der Waals surface area contributed by atoms with Crippen LogP contribution in [0.4, 0.5) is 4.79 Å². The zero-order valence-electron chi connectivity index (χ0n) is 15.7. The number of aliphatic hydroxyl groups excluding tert-OH is 1. The highest BCUT2D eigenvalue weighted by Crippen LogP contribution is 2.23. The monoisotopic (exact) mass is 379 g/mol. The molecular weight excluding hydrogens is 358 g/mol. The third-order valence-electron chi connectivity index (χ3n) is 4.48. The van der Waals surface area contributed by atoms with Crippen molar-refractivity contribution >= 4 is 11.9 Å². The molecule has 3 amide bonds. The molecule has 0 spiro atoms. The molecule has 1 unspecified atom stereocenters. The number of benzene rings is 2. The molecule has 1 fully saturated rings. The molecule has 28 heavy (non-hydrogen) atoms. The van der Waals surface area contributed by atoms with Crippen LogP contribution < -0.4 is 10.1 Å². The van der Waals surface area contributed by atoms with Gasteiger partial charge in [-0.2, -0.15) is 5.26 Å². The Bertz CT molecular complexity index is 914. The van der Waals surface area contributed by atoms with E-state index in [0.29, 0.717) is 11.3 Å². The Kier molecular flexibility index (Phi) is 5.34. The van der Waals surface area contributed by atoms with Crippen LogP contribution >= 0.6 is 0 Å². The Morgan fingerprint density at radius 3 is 2.18 bits per heavy atom. The molecule has 3 rings (SSSR count). The Morgan fingerprint density at radius 2 is 1.68 bits per heavy atom. The summed E-state index contributed by atoms with van der Waals surface area (Å²) in [5, 5.41) is 21.6. The van der Waals surface area contributed by atoms with Gasteiger partial charge in [0.15, 0.2) is 0 Å². The molecule has 1 heterocycles. The van der Waals surface area contributed by atoms with Crippen molar-refractivity contribution in [3.05, 3.63) is 54.1 Å². The minimum absolute atomic E-state index is 0.0479. The standard InChI is InChI=1S/C21H21N3O4/c1-21(2)19(26)24(20(27)23-21)12-17(25)13-28-18-9-7-16(8-10-18)15-5-3-14(11-22)4-6-15/h3-10,17,25H,12-13H2,1-2H3,(H,23,27). The molecule has 0 saturated carbocycles. The van der Waals surface area contributed by atoms with Crippen LogP contribution in [0.5, 0.6) is 5.75 Å². The van der Waals surface area contributed by atoms with Crippen molar-refractivity contribution in [3.63, 3.8) is 0 Å². The molecule has 1 aliphatic heterocycles. The molecule has 0 bridgehead atoms. The Balaban J connectivity index is 1.55. The number of urea groups is 1. The lowest BCUT2D eigenvalue weighted by Crippen LogP contribution is -2.42. The summed E-state index contributed by atoms with van der Waals surface area (Å²) in [4.78, 5) is 25.0. The molecular formula is C21H21N3O4. The first-order valence-electron chi connectivity index (χ1n) is 8.86. The number of aliphatic hydroxyl groups is 1. The van der Waals surface area contributed by atoms with Gasteiger partial charge >= 0.3 is 6.03 Å². The van der Waals surface area contributed by atoms with Crippen LogP contribution in [0.1, 0.15) is 19.4 Å². The third kappa shape index (κ3) is 4.13. The maximum atomic E-state index is 12.1. The van der Waals surface area contributed by atoms with Gasteiger partial charge in [0.1, 0.15) is 24.0 Å². The van der Waals surface area contributed by atoms with E-state index in [1.54, 1.807) is 38.1 Å². The summed E-state index contributed by atoms with van der Waals surface area (Å²) < 4.78 is 5.57. The second-order valence-electron chi connectivity index (χ2n) is 7.15. The van der Waals surface area contributed by atoms with E-state index in [1.165, 1.54) is 0 Å². The van der Waals surface area contributed by atoms with Gasteiger partial charge in [0, 0.05) is 0 Å². The number of hydrogen-bond donors (Lipinski definition) is 2. The van der Waals surface area contributed by atoms with E-state index in [4.69, 9.17) is 10.00 Å². The highest BCUT2D eigenvalue weighted by Gasteiger charge is 2.44. The highest BCUT2D eigenvalue weighted by atomic mass is 16.5. The number of carbonyl (C=O) groups is 2. The fourth-order valence-electron chi connectivity index (χ4n) is 2.92. The van der Waals surface area contributed by atoms with Gasteiger partial charge in [-0.15, -0.1) is 0 Å². The van der Waals surface area contributed by atoms with Gasteiger partial charge in [0.25, 0.3) is 5.91 Å². The summed E-state index contributed by atoms with van der Waals surface area (Å²) in [5.74, 6) is 0.192. The summed E-state index contributed by atoms with van der Waals surface area (Å²) in [6.45, 7) is 3.06. The average molecular weight is 379 g/mol. The number of ether oxygens (including phenoxy) is 1. The molecule has 2 aromatic rings. The molecule has 2 N–H and O–H groups in total. The van der Waals surface area contributed by atoms with Crippen LogP contribution in [0.15, 0.2) is 48.5 Å². The number of carbonyl (C=O) groups excluding carboxylic acids is 2. The Labute approximate surface area is 163 Å². The van der Waals surface area contributed by atoms with Crippen LogP contribution in [0.3, 0.4) is 0 Å². The van der Waals surface area contributed by atoms with Crippen LogP contribution in [0, 0.1) is 11.3 Å². The van der Waals surface area contributed by atoms with Crippen molar-refractivity contribution in [2.45, 2.75) is 25.5 Å². The number of β-amino-alcohol motifs (C(OH)–C–C–N with tert-alkyl or cyclic N) is 1. The van der Waals surface area contributed by atoms with E-state index in [1.807, 2.05) is 24.3 Å². The van der Waals surface area contributed by atoms with E-state index in [-0.39, 0.29) is 19.1 Å².